The summed E-state index contributed by atoms with van der Waals surface area (Å²) in [5, 5.41) is 12.1. The third kappa shape index (κ3) is 4.48. The molecule has 42 heavy (non-hydrogen) atoms. The van der Waals surface area contributed by atoms with Crippen LogP contribution in [-0.2, 0) is 15.7 Å². The molecule has 3 aromatic heterocycles. The van der Waals surface area contributed by atoms with Crippen molar-refractivity contribution < 1.29 is 9.31 Å². The Hall–Kier alpha value is -4.06. The molecule has 0 radical (unpaired) electrons. The average Bonchev–Trinajstić information content (AvgIpc) is 3.75. The second-order valence-corrected chi connectivity index (χ2v) is 12.2. The van der Waals surface area contributed by atoms with Gasteiger partial charge in [-0.1, -0.05) is 35.9 Å². The first kappa shape index (κ1) is 26.8. The number of benzene rings is 2. The van der Waals surface area contributed by atoms with E-state index in [4.69, 9.17) is 25.9 Å². The molecule has 5 aromatic rings. The number of imidazole rings is 1. The number of tetrazole rings is 1. The van der Waals surface area contributed by atoms with Gasteiger partial charge in [-0.05, 0) is 91.8 Å². The summed E-state index contributed by atoms with van der Waals surface area (Å²) in [4.78, 5) is 21.7. The van der Waals surface area contributed by atoms with E-state index >= 15 is 0 Å². The molecule has 12 heteroatoms. The minimum atomic E-state index is -0.451. The maximum absolute atomic E-state index is 13.6. The van der Waals surface area contributed by atoms with E-state index in [1.165, 1.54) is 6.33 Å². The Bertz CT molecular complexity index is 1850. The summed E-state index contributed by atoms with van der Waals surface area (Å²) >= 11 is 6.34. The van der Waals surface area contributed by atoms with E-state index in [2.05, 4.69) is 26.6 Å². The lowest BCUT2D eigenvalue weighted by atomic mass is 9.78. The molecule has 2 aromatic carbocycles. The predicted molar refractivity (Wildman–Crippen MR) is 160 cm³/mol. The van der Waals surface area contributed by atoms with Gasteiger partial charge in [-0.15, -0.1) is 5.10 Å². The number of fused-ring (bicyclic) bond motifs is 1. The van der Waals surface area contributed by atoms with Crippen molar-refractivity contribution in [2.75, 3.05) is 0 Å². The molecule has 5 heterocycles. The lowest BCUT2D eigenvalue weighted by molar-refractivity contribution is 0.00578. The number of aryl methyl sites for hydroxylation is 1. The van der Waals surface area contributed by atoms with Crippen LogP contribution in [0.1, 0.15) is 51.7 Å². The van der Waals surface area contributed by atoms with Gasteiger partial charge in [0.05, 0.1) is 34.8 Å². The van der Waals surface area contributed by atoms with E-state index in [1.54, 1.807) is 16.8 Å². The monoisotopic (exact) mass is 581 g/mol. The Morgan fingerprint density at radius 3 is 2.60 bits per heavy atom. The highest BCUT2D eigenvalue weighted by Crippen LogP contribution is 2.37. The second-order valence-electron chi connectivity index (χ2n) is 11.8. The number of nitrogens with zero attached hydrogens (tertiary/aromatic N) is 6. The summed E-state index contributed by atoms with van der Waals surface area (Å²) in [5.41, 5.74) is 5.06. The summed E-state index contributed by atoms with van der Waals surface area (Å²) in [6.07, 6.45) is 4.83. The van der Waals surface area contributed by atoms with Crippen LogP contribution in [0.3, 0.4) is 0 Å². The number of hydrogen-bond donors (Lipinski definition) is 1. The Morgan fingerprint density at radius 2 is 1.83 bits per heavy atom. The normalized spacial score (nSPS) is 18.9. The first-order valence-corrected chi connectivity index (χ1v) is 14.3. The first-order chi connectivity index (χ1) is 20.1. The minimum Gasteiger partial charge on any atom is -0.399 e. The molecule has 0 bridgehead atoms. The van der Waals surface area contributed by atoms with E-state index in [9.17, 15) is 4.79 Å². The van der Waals surface area contributed by atoms with Gasteiger partial charge < -0.3 is 18.9 Å². The van der Waals surface area contributed by atoms with Crippen molar-refractivity contribution in [3.8, 4) is 28.1 Å². The molecule has 0 aliphatic carbocycles. The van der Waals surface area contributed by atoms with E-state index in [0.29, 0.717) is 5.02 Å². The van der Waals surface area contributed by atoms with E-state index in [-0.39, 0.29) is 11.6 Å². The highest BCUT2D eigenvalue weighted by atomic mass is 35.5. The van der Waals surface area contributed by atoms with Gasteiger partial charge in [-0.2, -0.15) is 4.68 Å². The van der Waals surface area contributed by atoms with Crippen molar-refractivity contribution in [1.82, 2.24) is 34.7 Å². The molecule has 0 saturated carbocycles. The fourth-order valence-corrected chi connectivity index (χ4v) is 5.88. The number of hydrogen-bond acceptors (Lipinski definition) is 7. The van der Waals surface area contributed by atoms with Crippen LogP contribution in [0.15, 0.2) is 71.9 Å². The van der Waals surface area contributed by atoms with Gasteiger partial charge in [0.2, 0.25) is 0 Å². The van der Waals surface area contributed by atoms with Crippen LogP contribution >= 0.6 is 11.6 Å². The Morgan fingerprint density at radius 1 is 1.02 bits per heavy atom. The quantitative estimate of drug-likeness (QED) is 0.307. The fraction of sp³-hybridized carbons (Fsp3) is 0.300. The molecule has 10 nitrogen and oxygen atoms in total. The lowest BCUT2D eigenvalue weighted by Crippen LogP contribution is -2.41. The van der Waals surface area contributed by atoms with Gasteiger partial charge >= 0.3 is 7.12 Å². The molecule has 0 amide bonds. The number of pyridine rings is 1. The maximum atomic E-state index is 13.6. The molecule has 0 spiro atoms. The Balaban J connectivity index is 1.19. The second kappa shape index (κ2) is 9.76. The van der Waals surface area contributed by atoms with Gasteiger partial charge in [-0.25, -0.2) is 4.98 Å². The third-order valence-electron chi connectivity index (χ3n) is 8.63. The van der Waals surface area contributed by atoms with Crippen LogP contribution in [0.25, 0.3) is 28.1 Å². The van der Waals surface area contributed by atoms with E-state index in [1.807, 2.05) is 74.9 Å². The van der Waals surface area contributed by atoms with Crippen LogP contribution in [0.4, 0.5) is 0 Å². The number of rotatable bonds is 5. The highest BCUT2D eigenvalue weighted by Gasteiger charge is 2.51. The van der Waals surface area contributed by atoms with Crippen LogP contribution in [0.5, 0.6) is 0 Å². The predicted octanol–water partition coefficient (Wildman–Crippen LogP) is 4.37. The summed E-state index contributed by atoms with van der Waals surface area (Å²) in [6, 6.07) is 17.0. The molecule has 1 fully saturated rings. The van der Waals surface area contributed by atoms with Crippen molar-refractivity contribution in [2.24, 2.45) is 0 Å². The number of aromatic amines is 1. The summed E-state index contributed by atoms with van der Waals surface area (Å²) in [6.45, 7) is 8.19. The molecule has 1 N–H and O–H groups in total. The Kier molecular flexibility index (Phi) is 6.23. The summed E-state index contributed by atoms with van der Waals surface area (Å²) < 4.78 is 15.9. The minimum absolute atomic E-state index is 0.103. The fourth-order valence-electron chi connectivity index (χ4n) is 5.70. The lowest BCUT2D eigenvalue weighted by Gasteiger charge is -2.32. The Labute approximate surface area is 247 Å². The van der Waals surface area contributed by atoms with Gasteiger partial charge in [0.15, 0.2) is 0 Å². The summed E-state index contributed by atoms with van der Waals surface area (Å²) in [5.74, 6) is 0.747. The molecular formula is C30H29BClN7O3. The summed E-state index contributed by atoms with van der Waals surface area (Å²) in [7, 11) is -0.451. The first-order valence-electron chi connectivity index (χ1n) is 13.9. The standard InChI is InChI=1S/C30H29BClN7O3/c1-29(2)30(3,4)42-31(41-29)20-7-5-6-18(12-20)24-16-33-28(35-24)26-11-9-22-13-19(14-27(40)39(22)26)23-15-21(32)8-10-25(23)38-17-34-36-37-38/h5-8,10,12-17,26H,9,11H2,1-4H3,(H,33,35)/t26-/m0/s1. The highest BCUT2D eigenvalue weighted by molar-refractivity contribution is 6.62. The molecule has 1 atom stereocenters. The van der Waals surface area contributed by atoms with E-state index < -0.39 is 18.3 Å². The van der Waals surface area contributed by atoms with Crippen LogP contribution in [-0.4, -0.2) is 53.1 Å². The third-order valence-corrected chi connectivity index (χ3v) is 8.87. The number of nitrogens with one attached hydrogen (secondary N) is 1. The van der Waals surface area contributed by atoms with Gasteiger partial charge in [0.1, 0.15) is 12.2 Å². The van der Waals surface area contributed by atoms with Crippen LogP contribution in [0.2, 0.25) is 5.02 Å². The number of aromatic nitrogens is 7. The number of halogens is 1. The van der Waals surface area contributed by atoms with Crippen molar-refractivity contribution in [1.29, 1.82) is 0 Å². The zero-order valence-corrected chi connectivity index (χ0v) is 24.5. The zero-order chi connectivity index (χ0) is 29.2. The van der Waals surface area contributed by atoms with Crippen molar-refractivity contribution in [3.05, 3.63) is 94.0 Å². The molecule has 7 rings (SSSR count). The molecular weight excluding hydrogens is 553 g/mol. The molecule has 2 aliphatic rings. The molecule has 2 aliphatic heterocycles. The van der Waals surface area contributed by atoms with Gasteiger partial charge in [0, 0.05) is 22.3 Å². The smallest absolute Gasteiger partial charge is 0.399 e. The largest absolute Gasteiger partial charge is 0.494 e. The zero-order valence-electron chi connectivity index (χ0n) is 23.7. The van der Waals surface area contributed by atoms with Crippen LogP contribution < -0.4 is 11.0 Å². The number of H-pyrrole nitrogens is 1. The van der Waals surface area contributed by atoms with Gasteiger partial charge in [0.25, 0.3) is 5.56 Å². The molecule has 0 unspecified atom stereocenters. The molecule has 212 valence electrons. The van der Waals surface area contributed by atoms with E-state index in [0.717, 1.165) is 57.9 Å². The topological polar surface area (TPSA) is 113 Å². The van der Waals surface area contributed by atoms with Crippen LogP contribution in [0, 0.1) is 0 Å². The van der Waals surface area contributed by atoms with Crippen molar-refractivity contribution in [2.45, 2.75) is 57.8 Å². The maximum Gasteiger partial charge on any atom is 0.494 e. The average molecular weight is 582 g/mol. The van der Waals surface area contributed by atoms with Gasteiger partial charge in [-0.3, -0.25) is 4.79 Å². The molecule has 1 saturated heterocycles. The SMILES string of the molecule is CC1(C)OB(c2cccc(-c3cnc([C@@H]4CCc5cc(-c6cc(Cl)ccc6-n6cnnn6)cc(=O)n54)[nH]3)c2)OC1(C)C. The van der Waals surface area contributed by atoms with Crippen molar-refractivity contribution in [3.63, 3.8) is 0 Å². The van der Waals surface area contributed by atoms with Crippen molar-refractivity contribution >= 4 is 24.2 Å².